The van der Waals surface area contributed by atoms with Crippen molar-refractivity contribution in [2.24, 2.45) is 0 Å². The normalized spacial score (nSPS) is 10.7. The molecule has 0 spiro atoms. The van der Waals surface area contributed by atoms with Gasteiger partial charge < -0.3 is 14.2 Å². The average Bonchev–Trinajstić information content (AvgIpc) is 2.83. The highest BCUT2D eigenvalue weighted by atomic mass is 16.5. The van der Waals surface area contributed by atoms with Crippen LogP contribution in [0.1, 0.15) is 22.3 Å². The Morgan fingerprint density at radius 3 is 1.94 bits per heavy atom. The molecule has 0 aliphatic carbocycles. The van der Waals surface area contributed by atoms with Crippen LogP contribution in [0, 0.1) is 26.8 Å². The Balaban J connectivity index is 1.88. The third-order valence-electron chi connectivity index (χ3n) is 5.90. The molecule has 4 aromatic carbocycles. The summed E-state index contributed by atoms with van der Waals surface area (Å²) in [4.78, 5) is 0. The third-order valence-corrected chi connectivity index (χ3v) is 5.90. The van der Waals surface area contributed by atoms with E-state index in [1.165, 1.54) is 0 Å². The fourth-order valence-corrected chi connectivity index (χ4v) is 4.14. The maximum atomic E-state index is 6.55. The van der Waals surface area contributed by atoms with Crippen molar-refractivity contribution in [2.75, 3.05) is 14.2 Å². The van der Waals surface area contributed by atoms with Crippen LogP contribution >= 0.6 is 0 Å². The van der Waals surface area contributed by atoms with Gasteiger partial charge in [-0.2, -0.15) is 0 Å². The van der Waals surface area contributed by atoms with Gasteiger partial charge in [-0.25, -0.2) is 0 Å². The van der Waals surface area contributed by atoms with Crippen LogP contribution in [0.5, 0.6) is 17.2 Å². The SMILES string of the molecule is COc1ccc(-c2c[c]c(C)c(-c3ccc(OC)c(C)c3)c2OCc2ccccc2)cc1C. The van der Waals surface area contributed by atoms with E-state index in [9.17, 15) is 0 Å². The van der Waals surface area contributed by atoms with Crippen LogP contribution in [0.2, 0.25) is 0 Å². The molecule has 0 amide bonds. The maximum Gasteiger partial charge on any atom is 0.135 e. The van der Waals surface area contributed by atoms with Gasteiger partial charge in [-0.3, -0.25) is 0 Å². The summed E-state index contributed by atoms with van der Waals surface area (Å²) in [5.41, 5.74) is 8.51. The molecule has 4 aromatic rings. The molecule has 0 heterocycles. The van der Waals surface area contributed by atoms with Crippen molar-refractivity contribution < 1.29 is 14.2 Å². The molecule has 3 nitrogen and oxygen atoms in total. The summed E-state index contributed by atoms with van der Waals surface area (Å²) in [6.45, 7) is 6.67. The fourth-order valence-electron chi connectivity index (χ4n) is 4.14. The van der Waals surface area contributed by atoms with E-state index < -0.39 is 0 Å². The smallest absolute Gasteiger partial charge is 0.135 e. The van der Waals surface area contributed by atoms with Crippen molar-refractivity contribution in [3.05, 3.63) is 101 Å². The summed E-state index contributed by atoms with van der Waals surface area (Å²) >= 11 is 0. The summed E-state index contributed by atoms with van der Waals surface area (Å²) in [6.07, 6.45) is 0. The molecule has 1 radical (unpaired) electrons. The molecular weight excluding hydrogens is 408 g/mol. The number of ether oxygens (including phenoxy) is 3. The van der Waals surface area contributed by atoms with Crippen molar-refractivity contribution in [3.8, 4) is 39.5 Å². The highest BCUT2D eigenvalue weighted by molar-refractivity contribution is 5.85. The molecule has 0 unspecified atom stereocenters. The minimum Gasteiger partial charge on any atom is -0.496 e. The lowest BCUT2D eigenvalue weighted by molar-refractivity contribution is 0.308. The molecule has 4 rings (SSSR count). The maximum absolute atomic E-state index is 6.55. The Labute approximate surface area is 196 Å². The monoisotopic (exact) mass is 437 g/mol. The minimum atomic E-state index is 0.481. The zero-order chi connectivity index (χ0) is 23.4. The van der Waals surface area contributed by atoms with Crippen molar-refractivity contribution in [2.45, 2.75) is 27.4 Å². The largest absolute Gasteiger partial charge is 0.496 e. The third kappa shape index (κ3) is 4.73. The second kappa shape index (κ2) is 9.83. The minimum absolute atomic E-state index is 0.481. The molecular formula is C30H29O3. The van der Waals surface area contributed by atoms with Gasteiger partial charge in [-0.1, -0.05) is 42.5 Å². The van der Waals surface area contributed by atoms with Gasteiger partial charge in [0.25, 0.3) is 0 Å². The van der Waals surface area contributed by atoms with Crippen LogP contribution in [0.4, 0.5) is 0 Å². The van der Waals surface area contributed by atoms with Gasteiger partial charge in [0.15, 0.2) is 0 Å². The van der Waals surface area contributed by atoms with Crippen LogP contribution in [-0.2, 0) is 6.61 Å². The first kappa shape index (κ1) is 22.5. The topological polar surface area (TPSA) is 27.7 Å². The number of benzene rings is 4. The Hall–Kier alpha value is -3.72. The second-order valence-corrected chi connectivity index (χ2v) is 8.17. The van der Waals surface area contributed by atoms with E-state index in [1.54, 1.807) is 14.2 Å². The van der Waals surface area contributed by atoms with Crippen molar-refractivity contribution in [3.63, 3.8) is 0 Å². The Morgan fingerprint density at radius 1 is 0.727 bits per heavy atom. The molecule has 0 aliphatic rings. The van der Waals surface area contributed by atoms with Gasteiger partial charge in [0, 0.05) is 11.1 Å². The number of aryl methyl sites for hydroxylation is 3. The molecule has 33 heavy (non-hydrogen) atoms. The van der Waals surface area contributed by atoms with Gasteiger partial charge in [-0.05, 0) is 90.6 Å². The fraction of sp³-hybridized carbons (Fsp3) is 0.200. The first-order valence-electron chi connectivity index (χ1n) is 11.0. The zero-order valence-corrected chi connectivity index (χ0v) is 19.9. The first-order valence-corrected chi connectivity index (χ1v) is 11.0. The first-order chi connectivity index (χ1) is 16.0. The van der Waals surface area contributed by atoms with Crippen molar-refractivity contribution in [1.29, 1.82) is 0 Å². The Bertz CT molecular complexity index is 1260. The Kier molecular flexibility index (Phi) is 6.69. The van der Waals surface area contributed by atoms with E-state index >= 15 is 0 Å². The number of rotatable bonds is 7. The van der Waals surface area contributed by atoms with Gasteiger partial charge in [0.05, 0.1) is 14.2 Å². The molecule has 0 saturated heterocycles. The van der Waals surface area contributed by atoms with Gasteiger partial charge >= 0.3 is 0 Å². The van der Waals surface area contributed by atoms with Crippen molar-refractivity contribution >= 4 is 0 Å². The lowest BCUT2D eigenvalue weighted by Crippen LogP contribution is -2.01. The molecule has 0 N–H and O–H groups in total. The second-order valence-electron chi connectivity index (χ2n) is 8.17. The lowest BCUT2D eigenvalue weighted by atomic mass is 9.92. The molecule has 0 atom stereocenters. The number of hydrogen-bond donors (Lipinski definition) is 0. The summed E-state index contributed by atoms with van der Waals surface area (Å²) in [6, 6.07) is 28.2. The molecule has 3 heteroatoms. The highest BCUT2D eigenvalue weighted by Crippen LogP contribution is 2.43. The quantitative estimate of drug-likeness (QED) is 0.303. The molecule has 0 bridgehead atoms. The predicted octanol–water partition coefficient (Wildman–Crippen LogP) is 7.34. The van der Waals surface area contributed by atoms with Gasteiger partial charge in [0.2, 0.25) is 0 Å². The van der Waals surface area contributed by atoms with Crippen LogP contribution in [0.3, 0.4) is 0 Å². The predicted molar refractivity (Wildman–Crippen MR) is 134 cm³/mol. The average molecular weight is 438 g/mol. The Morgan fingerprint density at radius 2 is 1.33 bits per heavy atom. The van der Waals surface area contributed by atoms with Crippen molar-refractivity contribution in [1.82, 2.24) is 0 Å². The number of methoxy groups -OCH3 is 2. The lowest BCUT2D eigenvalue weighted by Gasteiger charge is -2.20. The molecule has 167 valence electrons. The van der Waals surface area contributed by atoms with Crippen LogP contribution < -0.4 is 14.2 Å². The highest BCUT2D eigenvalue weighted by Gasteiger charge is 2.18. The van der Waals surface area contributed by atoms with E-state index in [1.807, 2.05) is 36.4 Å². The van der Waals surface area contributed by atoms with Gasteiger partial charge in [0.1, 0.15) is 23.9 Å². The number of hydrogen-bond acceptors (Lipinski definition) is 3. The van der Waals surface area contributed by atoms with Gasteiger partial charge in [-0.15, -0.1) is 0 Å². The van der Waals surface area contributed by atoms with Crippen LogP contribution in [-0.4, -0.2) is 14.2 Å². The van der Waals surface area contributed by atoms with Crippen LogP contribution in [0.15, 0.2) is 72.8 Å². The molecule has 0 aromatic heterocycles. The van der Waals surface area contributed by atoms with E-state index in [0.717, 1.165) is 61.8 Å². The summed E-state index contributed by atoms with van der Waals surface area (Å²) in [7, 11) is 3.39. The van der Waals surface area contributed by atoms with Crippen LogP contribution in [0.25, 0.3) is 22.3 Å². The molecule has 0 saturated carbocycles. The zero-order valence-electron chi connectivity index (χ0n) is 19.9. The van der Waals surface area contributed by atoms with E-state index in [0.29, 0.717) is 6.61 Å². The van der Waals surface area contributed by atoms with E-state index in [2.05, 4.69) is 63.2 Å². The summed E-state index contributed by atoms with van der Waals surface area (Å²) in [5.74, 6) is 2.59. The summed E-state index contributed by atoms with van der Waals surface area (Å²) < 4.78 is 17.5. The van der Waals surface area contributed by atoms with E-state index in [4.69, 9.17) is 14.2 Å². The van der Waals surface area contributed by atoms with E-state index in [-0.39, 0.29) is 0 Å². The molecule has 0 fully saturated rings. The summed E-state index contributed by atoms with van der Waals surface area (Å²) in [5, 5.41) is 0. The molecule has 0 aliphatic heterocycles. The standard InChI is InChI=1S/C30H29O3/c1-20-11-14-26(24-12-15-27(31-4)21(2)17-24)30(33-19-23-9-7-6-8-10-23)29(20)25-13-16-28(32-5)22(3)18-25/h6-10,12-18H,19H2,1-5H3.